The molecule has 0 bridgehead atoms. The van der Waals surface area contributed by atoms with Crippen molar-refractivity contribution < 1.29 is 9.13 Å². The third-order valence-corrected chi connectivity index (χ3v) is 2.65. The molecule has 0 saturated heterocycles. The quantitative estimate of drug-likeness (QED) is 0.800. The molecule has 0 unspecified atom stereocenters. The predicted molar refractivity (Wildman–Crippen MR) is 69.0 cm³/mol. The van der Waals surface area contributed by atoms with Crippen LogP contribution in [0.5, 0.6) is 5.88 Å². The monoisotopic (exact) mass is 245 g/mol. The van der Waals surface area contributed by atoms with Crippen LogP contribution in [0.4, 0.5) is 4.39 Å². The third kappa shape index (κ3) is 3.55. The summed E-state index contributed by atoms with van der Waals surface area (Å²) in [5.74, 6) is 0.0836. The Hall–Kier alpha value is -1.90. The Morgan fingerprint density at radius 1 is 1.06 bits per heavy atom. The summed E-state index contributed by atoms with van der Waals surface area (Å²) in [5.41, 5.74) is 2.42. The molecular weight excluding hydrogens is 229 g/mol. The number of ether oxygens (including phenoxy) is 1. The molecule has 2 rings (SSSR count). The van der Waals surface area contributed by atoms with E-state index in [2.05, 4.69) is 36.2 Å². The first-order valence-electron chi connectivity index (χ1n) is 6.10. The minimum Gasteiger partial charge on any atom is -0.473 e. The van der Waals surface area contributed by atoms with Crippen LogP contribution in [-0.4, -0.2) is 4.98 Å². The van der Waals surface area contributed by atoms with Crippen molar-refractivity contribution in [2.45, 2.75) is 26.4 Å². The number of nitrogens with zero attached hydrogens (tertiary/aromatic N) is 1. The third-order valence-electron chi connectivity index (χ3n) is 2.65. The Balaban J connectivity index is 1.91. The van der Waals surface area contributed by atoms with Crippen molar-refractivity contribution in [3.63, 3.8) is 0 Å². The summed E-state index contributed by atoms with van der Waals surface area (Å²) >= 11 is 0. The zero-order valence-corrected chi connectivity index (χ0v) is 10.4. The van der Waals surface area contributed by atoms with Gasteiger partial charge in [0, 0.05) is 6.07 Å². The van der Waals surface area contributed by atoms with Crippen LogP contribution in [0.3, 0.4) is 0 Å². The number of hydrogen-bond acceptors (Lipinski definition) is 2. The minimum absolute atomic E-state index is 0.355. The Bertz CT molecular complexity index is 479. The molecule has 0 spiro atoms. The van der Waals surface area contributed by atoms with E-state index in [9.17, 15) is 4.39 Å². The van der Waals surface area contributed by atoms with Crippen molar-refractivity contribution in [2.24, 2.45) is 0 Å². The van der Waals surface area contributed by atoms with E-state index in [1.54, 1.807) is 0 Å². The molecule has 0 radical (unpaired) electrons. The van der Waals surface area contributed by atoms with Gasteiger partial charge in [-0.15, -0.1) is 0 Å². The molecule has 94 valence electrons. The van der Waals surface area contributed by atoms with Gasteiger partial charge in [-0.25, -0.2) is 9.37 Å². The molecule has 0 amide bonds. The fourth-order valence-electron chi connectivity index (χ4n) is 1.70. The first-order valence-corrected chi connectivity index (χ1v) is 6.10. The molecule has 3 heteroatoms. The average Bonchev–Trinajstić information content (AvgIpc) is 2.40. The molecule has 1 heterocycles. The number of halogens is 1. The highest BCUT2D eigenvalue weighted by atomic mass is 19.1. The van der Waals surface area contributed by atoms with Gasteiger partial charge in [-0.05, 0) is 23.6 Å². The average molecular weight is 245 g/mol. The number of rotatable bonds is 5. The van der Waals surface area contributed by atoms with E-state index in [-0.39, 0.29) is 5.82 Å². The SMILES string of the molecule is CCCc1ccc(COc2ccc(F)cn2)cc1. The maximum absolute atomic E-state index is 12.6. The van der Waals surface area contributed by atoms with Gasteiger partial charge in [0.2, 0.25) is 5.88 Å². The smallest absolute Gasteiger partial charge is 0.213 e. The van der Waals surface area contributed by atoms with E-state index in [1.165, 1.54) is 17.7 Å². The second-order valence-electron chi connectivity index (χ2n) is 4.17. The predicted octanol–water partition coefficient (Wildman–Crippen LogP) is 3.75. The molecule has 0 N–H and O–H groups in total. The highest BCUT2D eigenvalue weighted by Gasteiger charge is 1.98. The minimum atomic E-state index is -0.355. The topological polar surface area (TPSA) is 22.1 Å². The number of benzene rings is 1. The lowest BCUT2D eigenvalue weighted by atomic mass is 10.1. The Labute approximate surface area is 106 Å². The molecular formula is C15H16FNO. The van der Waals surface area contributed by atoms with Gasteiger partial charge in [-0.2, -0.15) is 0 Å². The lowest BCUT2D eigenvalue weighted by molar-refractivity contribution is 0.293. The molecule has 1 aromatic heterocycles. The van der Waals surface area contributed by atoms with E-state index in [0.717, 1.165) is 24.6 Å². The first-order chi connectivity index (χ1) is 8.78. The lowest BCUT2D eigenvalue weighted by Gasteiger charge is -2.06. The summed E-state index contributed by atoms with van der Waals surface area (Å²) < 4.78 is 18.1. The summed E-state index contributed by atoms with van der Waals surface area (Å²) in [4.78, 5) is 3.84. The maximum Gasteiger partial charge on any atom is 0.213 e. The molecule has 0 aliphatic heterocycles. The van der Waals surface area contributed by atoms with Crippen LogP contribution >= 0.6 is 0 Å². The zero-order valence-electron chi connectivity index (χ0n) is 10.4. The Morgan fingerprint density at radius 2 is 1.78 bits per heavy atom. The standard InChI is InChI=1S/C15H16FNO/c1-2-3-12-4-6-13(7-5-12)11-18-15-9-8-14(16)10-17-15/h4-10H,2-3,11H2,1H3. The van der Waals surface area contributed by atoms with Crippen LogP contribution in [0.1, 0.15) is 24.5 Å². The summed E-state index contributed by atoms with van der Waals surface area (Å²) in [6, 6.07) is 11.2. The van der Waals surface area contributed by atoms with Crippen molar-refractivity contribution >= 4 is 0 Å². The van der Waals surface area contributed by atoms with E-state index in [4.69, 9.17) is 4.74 Å². The van der Waals surface area contributed by atoms with E-state index in [1.807, 2.05) is 0 Å². The van der Waals surface area contributed by atoms with Gasteiger partial charge in [0.1, 0.15) is 12.4 Å². The molecule has 0 aliphatic carbocycles. The molecule has 2 nitrogen and oxygen atoms in total. The lowest BCUT2D eigenvalue weighted by Crippen LogP contribution is -1.97. The molecule has 18 heavy (non-hydrogen) atoms. The van der Waals surface area contributed by atoms with Crippen LogP contribution in [0, 0.1) is 5.82 Å². The van der Waals surface area contributed by atoms with Crippen LogP contribution in [0.25, 0.3) is 0 Å². The molecule has 2 aromatic rings. The van der Waals surface area contributed by atoms with E-state index in [0.29, 0.717) is 12.5 Å². The Kier molecular flexibility index (Phi) is 4.29. The van der Waals surface area contributed by atoms with Crippen molar-refractivity contribution in [1.82, 2.24) is 4.98 Å². The Morgan fingerprint density at radius 3 is 2.39 bits per heavy atom. The van der Waals surface area contributed by atoms with Crippen LogP contribution < -0.4 is 4.74 Å². The van der Waals surface area contributed by atoms with Crippen LogP contribution in [0.15, 0.2) is 42.6 Å². The first kappa shape index (κ1) is 12.6. The number of aryl methyl sites for hydroxylation is 1. The summed E-state index contributed by atoms with van der Waals surface area (Å²) in [6.45, 7) is 2.61. The highest BCUT2D eigenvalue weighted by Crippen LogP contribution is 2.11. The van der Waals surface area contributed by atoms with E-state index >= 15 is 0 Å². The second-order valence-corrected chi connectivity index (χ2v) is 4.17. The molecule has 1 aromatic carbocycles. The van der Waals surface area contributed by atoms with Gasteiger partial charge in [0.25, 0.3) is 0 Å². The van der Waals surface area contributed by atoms with Crippen molar-refractivity contribution in [3.05, 3.63) is 59.5 Å². The molecule has 0 aliphatic rings. The fraction of sp³-hybridized carbons (Fsp3) is 0.267. The number of pyridine rings is 1. The summed E-state index contributed by atoms with van der Waals surface area (Å²) in [5, 5.41) is 0. The molecule has 0 atom stereocenters. The zero-order chi connectivity index (χ0) is 12.8. The largest absolute Gasteiger partial charge is 0.473 e. The van der Waals surface area contributed by atoms with E-state index < -0.39 is 0 Å². The van der Waals surface area contributed by atoms with Gasteiger partial charge < -0.3 is 4.74 Å². The number of aromatic nitrogens is 1. The molecule has 0 saturated carbocycles. The van der Waals surface area contributed by atoms with Gasteiger partial charge >= 0.3 is 0 Å². The van der Waals surface area contributed by atoms with Gasteiger partial charge in [-0.3, -0.25) is 0 Å². The normalized spacial score (nSPS) is 10.3. The van der Waals surface area contributed by atoms with Crippen LogP contribution in [0.2, 0.25) is 0 Å². The van der Waals surface area contributed by atoms with Crippen molar-refractivity contribution in [1.29, 1.82) is 0 Å². The van der Waals surface area contributed by atoms with Gasteiger partial charge in [0.05, 0.1) is 6.20 Å². The van der Waals surface area contributed by atoms with Crippen LogP contribution in [-0.2, 0) is 13.0 Å². The van der Waals surface area contributed by atoms with Gasteiger partial charge in [-0.1, -0.05) is 37.6 Å². The maximum atomic E-state index is 12.6. The van der Waals surface area contributed by atoms with Gasteiger partial charge in [0.15, 0.2) is 0 Å². The number of hydrogen-bond donors (Lipinski definition) is 0. The second kappa shape index (κ2) is 6.15. The van der Waals surface area contributed by atoms with Crippen molar-refractivity contribution in [2.75, 3.05) is 0 Å². The summed E-state index contributed by atoms with van der Waals surface area (Å²) in [6.07, 6.45) is 3.40. The molecule has 0 fully saturated rings. The fourth-order valence-corrected chi connectivity index (χ4v) is 1.70. The summed E-state index contributed by atoms with van der Waals surface area (Å²) in [7, 11) is 0. The highest BCUT2D eigenvalue weighted by molar-refractivity contribution is 5.22. The van der Waals surface area contributed by atoms with Crippen molar-refractivity contribution in [3.8, 4) is 5.88 Å².